The van der Waals surface area contributed by atoms with Crippen molar-refractivity contribution >= 4 is 49.7 Å². The summed E-state index contributed by atoms with van der Waals surface area (Å²) in [4.78, 5) is 21.9. The lowest BCUT2D eigenvalue weighted by atomic mass is 10.0. The van der Waals surface area contributed by atoms with Gasteiger partial charge in [0.15, 0.2) is 5.17 Å². The minimum atomic E-state index is -0.157. The number of pyridine rings is 1. The Bertz CT molecular complexity index is 989. The molecule has 0 unspecified atom stereocenters. The Morgan fingerprint density at radius 2 is 1.96 bits per heavy atom. The van der Waals surface area contributed by atoms with Gasteiger partial charge in [-0.05, 0) is 24.3 Å². The number of nitrogens with zero attached hydrogens (tertiary/aromatic N) is 2. The van der Waals surface area contributed by atoms with Gasteiger partial charge in [0.25, 0.3) is 5.91 Å². The summed E-state index contributed by atoms with van der Waals surface area (Å²) in [5.41, 5.74) is 3.15. The molecule has 0 aliphatic carbocycles. The fourth-order valence-corrected chi connectivity index (χ4v) is 3.80. The predicted octanol–water partition coefficient (Wildman–Crippen LogP) is 4.50. The van der Waals surface area contributed by atoms with Crippen LogP contribution in [0.5, 0.6) is 0 Å². The SMILES string of the molecule is O=C(NC1=NCCS1)c1cc(-c2ccccc2)nc2ccc(Br)cc12. The third kappa shape index (κ3) is 3.45. The van der Waals surface area contributed by atoms with Crippen LogP contribution in [0, 0.1) is 0 Å². The highest BCUT2D eigenvalue weighted by atomic mass is 79.9. The van der Waals surface area contributed by atoms with Crippen LogP contribution in [0.15, 0.2) is 64.1 Å². The molecule has 0 spiro atoms. The number of rotatable bonds is 2. The van der Waals surface area contributed by atoms with Crippen molar-refractivity contribution in [3.05, 3.63) is 64.6 Å². The lowest BCUT2D eigenvalue weighted by Gasteiger charge is -2.11. The van der Waals surface area contributed by atoms with Crippen LogP contribution >= 0.6 is 27.7 Å². The van der Waals surface area contributed by atoms with Gasteiger partial charge >= 0.3 is 0 Å². The van der Waals surface area contributed by atoms with Crippen molar-refractivity contribution in [1.29, 1.82) is 0 Å². The molecule has 4 nitrogen and oxygen atoms in total. The van der Waals surface area contributed by atoms with E-state index in [4.69, 9.17) is 4.98 Å². The van der Waals surface area contributed by atoms with Crippen molar-refractivity contribution in [3.63, 3.8) is 0 Å². The number of aromatic nitrogens is 1. The summed E-state index contributed by atoms with van der Waals surface area (Å²) in [6.07, 6.45) is 0. The second-order valence-electron chi connectivity index (χ2n) is 5.57. The zero-order valence-corrected chi connectivity index (χ0v) is 15.6. The Balaban J connectivity index is 1.84. The second-order valence-corrected chi connectivity index (χ2v) is 7.57. The largest absolute Gasteiger partial charge is 0.301 e. The summed E-state index contributed by atoms with van der Waals surface area (Å²) in [5, 5.41) is 4.42. The molecule has 0 saturated heterocycles. The van der Waals surface area contributed by atoms with Gasteiger partial charge in [-0.2, -0.15) is 0 Å². The molecule has 0 bridgehead atoms. The zero-order chi connectivity index (χ0) is 17.2. The second kappa shape index (κ2) is 6.98. The van der Waals surface area contributed by atoms with Crippen molar-refractivity contribution < 1.29 is 4.79 Å². The van der Waals surface area contributed by atoms with Gasteiger partial charge in [-0.25, -0.2) is 4.98 Å². The number of hydrogen-bond donors (Lipinski definition) is 1. The number of thioether (sulfide) groups is 1. The molecule has 124 valence electrons. The first kappa shape index (κ1) is 16.3. The molecule has 0 fully saturated rings. The van der Waals surface area contributed by atoms with Crippen LogP contribution in [0.3, 0.4) is 0 Å². The molecule has 1 aliphatic rings. The van der Waals surface area contributed by atoms with Crippen LogP contribution in [0.2, 0.25) is 0 Å². The fourth-order valence-electron chi connectivity index (χ4n) is 2.72. The van der Waals surface area contributed by atoms with Gasteiger partial charge in [-0.3, -0.25) is 9.79 Å². The van der Waals surface area contributed by atoms with Crippen molar-refractivity contribution in [2.75, 3.05) is 12.3 Å². The normalized spacial score (nSPS) is 13.7. The molecular formula is C19H14BrN3OS. The van der Waals surface area contributed by atoms with Crippen molar-refractivity contribution in [1.82, 2.24) is 10.3 Å². The van der Waals surface area contributed by atoms with Gasteiger partial charge in [0.2, 0.25) is 0 Å². The third-order valence-electron chi connectivity index (χ3n) is 3.89. The quantitative estimate of drug-likeness (QED) is 0.675. The molecule has 1 aliphatic heterocycles. The van der Waals surface area contributed by atoms with E-state index in [9.17, 15) is 4.79 Å². The van der Waals surface area contributed by atoms with Crippen molar-refractivity contribution in [3.8, 4) is 11.3 Å². The highest BCUT2D eigenvalue weighted by molar-refractivity contribution is 9.10. The van der Waals surface area contributed by atoms with Crippen molar-refractivity contribution in [2.45, 2.75) is 0 Å². The van der Waals surface area contributed by atoms with E-state index in [1.54, 1.807) is 11.8 Å². The van der Waals surface area contributed by atoms with Crippen LogP contribution in [0.25, 0.3) is 22.2 Å². The number of carbonyl (C=O) groups excluding carboxylic acids is 1. The van der Waals surface area contributed by atoms with Gasteiger partial charge in [0.1, 0.15) is 0 Å². The summed E-state index contributed by atoms with van der Waals surface area (Å²) in [5.74, 6) is 0.754. The third-order valence-corrected chi connectivity index (χ3v) is 5.28. The number of hydrogen-bond acceptors (Lipinski definition) is 4. The monoisotopic (exact) mass is 411 g/mol. The van der Waals surface area contributed by atoms with E-state index in [1.807, 2.05) is 54.6 Å². The van der Waals surface area contributed by atoms with E-state index in [-0.39, 0.29) is 5.91 Å². The summed E-state index contributed by atoms with van der Waals surface area (Å²) < 4.78 is 0.913. The van der Waals surface area contributed by atoms with Gasteiger partial charge in [0.05, 0.1) is 23.3 Å². The minimum Gasteiger partial charge on any atom is -0.301 e. The number of nitrogens with one attached hydrogen (secondary N) is 1. The molecule has 0 saturated carbocycles. The summed E-state index contributed by atoms with van der Waals surface area (Å²) in [6, 6.07) is 17.5. The number of fused-ring (bicyclic) bond motifs is 1. The number of halogens is 1. The Labute approximate surface area is 157 Å². The Kier molecular flexibility index (Phi) is 4.55. The van der Waals surface area contributed by atoms with Crippen molar-refractivity contribution in [2.24, 2.45) is 4.99 Å². The molecule has 0 atom stereocenters. The lowest BCUT2D eigenvalue weighted by molar-refractivity contribution is 0.0979. The van der Waals surface area contributed by atoms with E-state index >= 15 is 0 Å². The van der Waals surface area contributed by atoms with E-state index < -0.39 is 0 Å². The van der Waals surface area contributed by atoms with Crippen LogP contribution in [0.4, 0.5) is 0 Å². The number of benzene rings is 2. The molecule has 1 amide bonds. The number of amidine groups is 1. The van der Waals surface area contributed by atoms with Crippen LogP contribution in [-0.4, -0.2) is 28.4 Å². The molecule has 1 aromatic heterocycles. The minimum absolute atomic E-state index is 0.157. The van der Waals surface area contributed by atoms with Gasteiger partial charge in [-0.1, -0.05) is 58.0 Å². The van der Waals surface area contributed by atoms with E-state index in [0.717, 1.165) is 38.9 Å². The maximum atomic E-state index is 12.9. The Morgan fingerprint density at radius 3 is 2.72 bits per heavy atom. The van der Waals surface area contributed by atoms with E-state index in [1.165, 1.54) is 0 Å². The highest BCUT2D eigenvalue weighted by Crippen LogP contribution is 2.27. The van der Waals surface area contributed by atoms with Crippen LogP contribution in [0.1, 0.15) is 10.4 Å². The molecule has 4 rings (SSSR count). The molecule has 3 aromatic rings. The number of aliphatic imine (C=N–C) groups is 1. The van der Waals surface area contributed by atoms with E-state index in [0.29, 0.717) is 10.7 Å². The smallest absolute Gasteiger partial charge is 0.257 e. The molecule has 2 heterocycles. The molecule has 0 radical (unpaired) electrons. The average molecular weight is 412 g/mol. The molecule has 25 heavy (non-hydrogen) atoms. The van der Waals surface area contributed by atoms with Crippen LogP contribution < -0.4 is 5.32 Å². The Hall–Kier alpha value is -2.18. The summed E-state index contributed by atoms with van der Waals surface area (Å²) in [7, 11) is 0. The number of carbonyl (C=O) groups is 1. The first-order valence-electron chi connectivity index (χ1n) is 7.85. The zero-order valence-electron chi connectivity index (χ0n) is 13.2. The lowest BCUT2D eigenvalue weighted by Crippen LogP contribution is -2.27. The summed E-state index contributed by atoms with van der Waals surface area (Å²) in [6.45, 7) is 0.748. The van der Waals surface area contributed by atoms with Gasteiger partial charge < -0.3 is 5.32 Å². The summed E-state index contributed by atoms with van der Waals surface area (Å²) >= 11 is 5.05. The van der Waals surface area contributed by atoms with E-state index in [2.05, 4.69) is 26.2 Å². The predicted molar refractivity (Wildman–Crippen MR) is 107 cm³/mol. The average Bonchev–Trinajstić information content (AvgIpc) is 3.14. The maximum absolute atomic E-state index is 12.9. The number of amides is 1. The highest BCUT2D eigenvalue weighted by Gasteiger charge is 2.17. The molecule has 1 N–H and O–H groups in total. The molecule has 6 heteroatoms. The maximum Gasteiger partial charge on any atom is 0.257 e. The Morgan fingerprint density at radius 1 is 1.12 bits per heavy atom. The van der Waals surface area contributed by atoms with Gasteiger partial charge in [0, 0.05) is 21.2 Å². The first-order chi connectivity index (χ1) is 12.2. The topological polar surface area (TPSA) is 54.4 Å². The molecular weight excluding hydrogens is 398 g/mol. The molecule has 2 aromatic carbocycles. The standard InChI is InChI=1S/C19H14BrN3OS/c20-13-6-7-16-14(10-13)15(18(24)23-19-21-8-9-25-19)11-17(22-16)12-4-2-1-3-5-12/h1-7,10-11H,8-9H2,(H,21,23,24). The van der Waals surface area contributed by atoms with Crippen LogP contribution in [-0.2, 0) is 0 Å². The fraction of sp³-hybridized carbons (Fsp3) is 0.105. The van der Waals surface area contributed by atoms with Gasteiger partial charge in [-0.15, -0.1) is 0 Å². The first-order valence-corrected chi connectivity index (χ1v) is 9.63.